The predicted octanol–water partition coefficient (Wildman–Crippen LogP) is 4.67. The molecule has 182 valence electrons. The van der Waals surface area contributed by atoms with Gasteiger partial charge in [-0.15, -0.1) is 0 Å². The first-order chi connectivity index (χ1) is 16.9. The molecule has 35 heavy (non-hydrogen) atoms. The van der Waals surface area contributed by atoms with Crippen molar-refractivity contribution >= 4 is 40.3 Å². The van der Waals surface area contributed by atoms with Gasteiger partial charge in [0.1, 0.15) is 12.1 Å². The van der Waals surface area contributed by atoms with E-state index in [9.17, 15) is 14.4 Å². The molecule has 1 aliphatic heterocycles. The van der Waals surface area contributed by atoms with E-state index in [1.807, 2.05) is 54.7 Å². The summed E-state index contributed by atoms with van der Waals surface area (Å²) in [4.78, 5) is 45.1. The van der Waals surface area contributed by atoms with E-state index >= 15 is 0 Å². The first-order valence-electron chi connectivity index (χ1n) is 12.1. The second kappa shape index (κ2) is 9.38. The molecule has 1 saturated heterocycles. The Morgan fingerprint density at radius 3 is 2.54 bits per heavy atom. The molecule has 1 unspecified atom stereocenters. The number of likely N-dealkylation sites (N-methyl/N-ethyl adjacent to an activating group) is 1. The van der Waals surface area contributed by atoms with Gasteiger partial charge in [0.25, 0.3) is 5.91 Å². The maximum absolute atomic E-state index is 13.2. The molecule has 0 radical (unpaired) electrons. The Balaban J connectivity index is 1.35. The first kappa shape index (κ1) is 23.4. The largest absolute Gasteiger partial charge is 0.361 e. The lowest BCUT2D eigenvalue weighted by molar-refractivity contribution is -0.137. The van der Waals surface area contributed by atoms with Gasteiger partial charge in [0.15, 0.2) is 0 Å². The van der Waals surface area contributed by atoms with E-state index in [0.29, 0.717) is 17.9 Å². The summed E-state index contributed by atoms with van der Waals surface area (Å²) in [6.45, 7) is -0.00546. The summed E-state index contributed by atoms with van der Waals surface area (Å²) < 4.78 is 0. The number of aromatic nitrogens is 1. The summed E-state index contributed by atoms with van der Waals surface area (Å²) in [7, 11) is 1.67. The molecule has 2 heterocycles. The van der Waals surface area contributed by atoms with E-state index < -0.39 is 11.6 Å². The molecule has 1 saturated carbocycles. The molecule has 2 aromatic carbocycles. The van der Waals surface area contributed by atoms with Gasteiger partial charge < -0.3 is 15.2 Å². The van der Waals surface area contributed by atoms with Gasteiger partial charge in [0.2, 0.25) is 5.91 Å². The number of amides is 4. The standard InChI is InChI=1S/C27H29ClN4O3/c1-31-26(35)32(25(34)27(31)13-7-2-8-14-27)17-24(33)30-16-20(18-9-3-5-11-22(18)28)21-15-29-23-12-6-4-10-19(21)23/h3-6,9-12,15,20,29H,2,7-8,13-14,16-17H2,1H3,(H,30,33). The number of urea groups is 1. The Labute approximate surface area is 209 Å². The van der Waals surface area contributed by atoms with Gasteiger partial charge in [0, 0.05) is 41.6 Å². The lowest BCUT2D eigenvalue weighted by atomic mass is 9.81. The second-order valence-corrected chi connectivity index (χ2v) is 9.90. The van der Waals surface area contributed by atoms with Gasteiger partial charge in [-0.2, -0.15) is 0 Å². The molecular weight excluding hydrogens is 464 g/mol. The van der Waals surface area contributed by atoms with Gasteiger partial charge in [-0.1, -0.05) is 67.3 Å². The smallest absolute Gasteiger partial charge is 0.327 e. The van der Waals surface area contributed by atoms with Crippen LogP contribution in [0, 0.1) is 0 Å². The molecule has 2 N–H and O–H groups in total. The summed E-state index contributed by atoms with van der Waals surface area (Å²) in [6, 6.07) is 15.2. The number of aromatic amines is 1. The van der Waals surface area contributed by atoms with Gasteiger partial charge in [-0.25, -0.2) is 4.79 Å². The highest BCUT2D eigenvalue weighted by Crippen LogP contribution is 2.39. The van der Waals surface area contributed by atoms with E-state index in [-0.39, 0.29) is 30.8 Å². The Hall–Kier alpha value is -3.32. The van der Waals surface area contributed by atoms with E-state index in [4.69, 9.17) is 11.6 Å². The van der Waals surface area contributed by atoms with E-state index in [1.54, 1.807) is 11.9 Å². The number of benzene rings is 2. The normalized spacial score (nSPS) is 18.5. The van der Waals surface area contributed by atoms with Crippen LogP contribution in [0.2, 0.25) is 5.02 Å². The van der Waals surface area contributed by atoms with Crippen molar-refractivity contribution in [1.82, 2.24) is 20.1 Å². The topological polar surface area (TPSA) is 85.5 Å². The Morgan fingerprint density at radius 1 is 1.06 bits per heavy atom. The number of rotatable bonds is 6. The molecule has 8 heteroatoms. The van der Waals surface area contributed by atoms with Crippen LogP contribution in [0.1, 0.15) is 49.1 Å². The number of imide groups is 1. The highest BCUT2D eigenvalue weighted by Gasteiger charge is 2.55. The average molecular weight is 493 g/mol. The molecule has 2 fully saturated rings. The number of halogens is 1. The summed E-state index contributed by atoms with van der Waals surface area (Å²) in [5.74, 6) is -0.829. The van der Waals surface area contributed by atoms with Crippen LogP contribution >= 0.6 is 11.6 Å². The fraction of sp³-hybridized carbons (Fsp3) is 0.370. The second-order valence-electron chi connectivity index (χ2n) is 9.49. The van der Waals surface area contributed by atoms with Crippen molar-refractivity contribution in [3.8, 4) is 0 Å². The summed E-state index contributed by atoms with van der Waals surface area (Å²) in [5.41, 5.74) is 2.12. The molecule has 7 nitrogen and oxygen atoms in total. The minimum atomic E-state index is -0.792. The Bertz CT molecular complexity index is 1280. The molecule has 1 aliphatic carbocycles. The highest BCUT2D eigenvalue weighted by atomic mass is 35.5. The van der Waals surface area contributed by atoms with Crippen molar-refractivity contribution in [3.63, 3.8) is 0 Å². The van der Waals surface area contributed by atoms with Crippen LogP contribution in [0.5, 0.6) is 0 Å². The minimum Gasteiger partial charge on any atom is -0.361 e. The number of hydrogen-bond acceptors (Lipinski definition) is 3. The van der Waals surface area contributed by atoms with Crippen molar-refractivity contribution in [3.05, 3.63) is 70.9 Å². The summed E-state index contributed by atoms with van der Waals surface area (Å²) in [5, 5.41) is 4.63. The van der Waals surface area contributed by atoms with Gasteiger partial charge >= 0.3 is 6.03 Å². The van der Waals surface area contributed by atoms with Gasteiger partial charge in [-0.3, -0.25) is 14.5 Å². The molecular formula is C27H29ClN4O3. The Kier molecular flexibility index (Phi) is 6.28. The van der Waals surface area contributed by atoms with E-state index in [0.717, 1.165) is 46.2 Å². The fourth-order valence-electron chi connectivity index (χ4n) is 5.61. The Morgan fingerprint density at radius 2 is 1.77 bits per heavy atom. The molecule has 5 rings (SSSR count). The van der Waals surface area contributed by atoms with Crippen molar-refractivity contribution in [2.24, 2.45) is 0 Å². The molecule has 1 atom stereocenters. The average Bonchev–Trinajstić information content (AvgIpc) is 3.37. The van der Waals surface area contributed by atoms with Gasteiger partial charge in [0.05, 0.1) is 0 Å². The maximum Gasteiger partial charge on any atom is 0.327 e. The number of carbonyl (C=O) groups excluding carboxylic acids is 3. The third-order valence-corrected chi connectivity index (χ3v) is 7.91. The molecule has 3 aromatic rings. The molecule has 1 aromatic heterocycles. The molecule has 0 bridgehead atoms. The summed E-state index contributed by atoms with van der Waals surface area (Å²) >= 11 is 6.55. The van der Waals surface area contributed by atoms with Crippen LogP contribution < -0.4 is 5.32 Å². The van der Waals surface area contributed by atoms with Crippen LogP contribution in [-0.4, -0.2) is 58.3 Å². The first-order valence-corrected chi connectivity index (χ1v) is 12.5. The number of nitrogens with zero attached hydrogens (tertiary/aromatic N) is 2. The number of fused-ring (bicyclic) bond motifs is 1. The quantitative estimate of drug-likeness (QED) is 0.490. The minimum absolute atomic E-state index is 0.207. The van der Waals surface area contributed by atoms with E-state index in [2.05, 4.69) is 10.3 Å². The van der Waals surface area contributed by atoms with Crippen molar-refractivity contribution in [2.45, 2.75) is 43.6 Å². The number of para-hydroxylation sites is 1. The van der Waals surface area contributed by atoms with Crippen LogP contribution in [0.3, 0.4) is 0 Å². The van der Waals surface area contributed by atoms with Crippen LogP contribution in [-0.2, 0) is 9.59 Å². The zero-order valence-electron chi connectivity index (χ0n) is 19.7. The van der Waals surface area contributed by atoms with Crippen LogP contribution in [0.4, 0.5) is 4.79 Å². The number of carbonyl (C=O) groups is 3. The monoisotopic (exact) mass is 492 g/mol. The van der Waals surface area contributed by atoms with Crippen LogP contribution in [0.25, 0.3) is 10.9 Å². The van der Waals surface area contributed by atoms with Gasteiger partial charge in [-0.05, 0) is 36.1 Å². The lowest BCUT2D eigenvalue weighted by Gasteiger charge is -2.35. The third kappa shape index (κ3) is 4.08. The van der Waals surface area contributed by atoms with E-state index in [1.165, 1.54) is 0 Å². The number of nitrogens with one attached hydrogen (secondary N) is 2. The molecule has 2 aliphatic rings. The zero-order chi connectivity index (χ0) is 24.6. The molecule has 1 spiro atoms. The highest BCUT2D eigenvalue weighted by molar-refractivity contribution is 6.31. The van der Waals surface area contributed by atoms with Crippen molar-refractivity contribution < 1.29 is 14.4 Å². The lowest BCUT2D eigenvalue weighted by Crippen LogP contribution is -2.49. The third-order valence-electron chi connectivity index (χ3n) is 7.57. The number of hydrogen-bond donors (Lipinski definition) is 2. The SMILES string of the molecule is CN1C(=O)N(CC(=O)NCC(c2ccccc2Cl)c2c[nH]c3ccccc23)C(=O)C12CCCCC2. The van der Waals surface area contributed by atoms with Crippen LogP contribution in [0.15, 0.2) is 54.7 Å². The molecule has 4 amide bonds. The number of H-pyrrole nitrogens is 1. The maximum atomic E-state index is 13.2. The van der Waals surface area contributed by atoms with Crippen molar-refractivity contribution in [1.29, 1.82) is 0 Å². The predicted molar refractivity (Wildman–Crippen MR) is 135 cm³/mol. The fourth-order valence-corrected chi connectivity index (χ4v) is 5.88. The summed E-state index contributed by atoms with van der Waals surface area (Å²) in [6.07, 6.45) is 6.14. The zero-order valence-corrected chi connectivity index (χ0v) is 20.5. The van der Waals surface area contributed by atoms with Crippen molar-refractivity contribution in [2.75, 3.05) is 20.1 Å².